The topological polar surface area (TPSA) is 9.23 Å². The Balaban J connectivity index is 2.07. The van der Waals surface area contributed by atoms with Gasteiger partial charge in [0.05, 0.1) is 0 Å². The summed E-state index contributed by atoms with van der Waals surface area (Å²) in [6, 6.07) is 11.8. The molecule has 0 aliphatic carbocycles. The van der Waals surface area contributed by atoms with Gasteiger partial charge in [0.1, 0.15) is 0 Å². The van der Waals surface area contributed by atoms with E-state index in [1.807, 2.05) is 6.92 Å². The van der Waals surface area contributed by atoms with Crippen LogP contribution in [0.4, 0.5) is 0 Å². The first kappa shape index (κ1) is 10.5. The zero-order valence-corrected chi connectivity index (χ0v) is 9.12. The molecule has 0 amide bonds. The maximum Gasteiger partial charge on any atom is 0.229 e. The van der Waals surface area contributed by atoms with Gasteiger partial charge in [-0.3, -0.25) is 0 Å². The van der Waals surface area contributed by atoms with Crippen LogP contribution in [0.5, 0.6) is 0 Å². The van der Waals surface area contributed by atoms with Crippen molar-refractivity contribution in [1.82, 2.24) is 0 Å². The molecule has 0 spiro atoms. The van der Waals surface area contributed by atoms with Gasteiger partial charge in [-0.1, -0.05) is 30.3 Å². The van der Waals surface area contributed by atoms with Crippen LogP contribution >= 0.6 is 0 Å². The third-order valence-corrected chi connectivity index (χ3v) is 2.88. The highest BCUT2D eigenvalue weighted by molar-refractivity contribution is 6.26. The summed E-state index contributed by atoms with van der Waals surface area (Å²) in [7, 11) is 0.684. The highest BCUT2D eigenvalue weighted by atomic mass is 28.2. The molecule has 0 aromatic heterocycles. The van der Waals surface area contributed by atoms with Crippen molar-refractivity contribution in [2.45, 2.75) is 25.8 Å². The van der Waals surface area contributed by atoms with Crippen LogP contribution in [0.25, 0.3) is 0 Å². The standard InChI is InChI=1S/C11H16OSi/c1-2-12-13-10-6-9-11-7-4-3-5-8-11/h3-5,7-8H,2,6,9-10H2,1H3. The van der Waals surface area contributed by atoms with Crippen molar-refractivity contribution in [1.29, 1.82) is 0 Å². The average molecular weight is 192 g/mol. The van der Waals surface area contributed by atoms with Gasteiger partial charge in [-0.2, -0.15) is 0 Å². The molecule has 0 N–H and O–H groups in total. The molecular formula is C11H16OSi. The lowest BCUT2D eigenvalue weighted by molar-refractivity contribution is 0.359. The Bertz CT molecular complexity index is 211. The Hall–Kier alpha value is -0.603. The molecule has 0 saturated carbocycles. The molecule has 1 aromatic rings. The summed E-state index contributed by atoms with van der Waals surface area (Å²) in [6.45, 7) is 2.90. The van der Waals surface area contributed by atoms with Crippen LogP contribution in [0.1, 0.15) is 18.9 Å². The van der Waals surface area contributed by atoms with Crippen LogP contribution in [0, 0.1) is 0 Å². The molecule has 0 atom stereocenters. The number of aryl methyl sites for hydroxylation is 1. The molecular weight excluding hydrogens is 176 g/mol. The minimum Gasteiger partial charge on any atom is -0.418 e. The second-order valence-electron chi connectivity index (χ2n) is 2.92. The third-order valence-electron chi connectivity index (χ3n) is 1.83. The molecule has 0 saturated heterocycles. The van der Waals surface area contributed by atoms with Gasteiger partial charge >= 0.3 is 0 Å². The second kappa shape index (κ2) is 6.86. The molecule has 0 fully saturated rings. The molecule has 0 bridgehead atoms. The monoisotopic (exact) mass is 192 g/mol. The first-order valence-corrected chi connectivity index (χ1v) is 5.93. The molecule has 0 aliphatic heterocycles. The Morgan fingerprint density at radius 2 is 2.00 bits per heavy atom. The Kier molecular flexibility index (Phi) is 5.53. The predicted molar refractivity (Wildman–Crippen MR) is 57.0 cm³/mol. The van der Waals surface area contributed by atoms with Crippen molar-refractivity contribution < 1.29 is 4.43 Å². The smallest absolute Gasteiger partial charge is 0.229 e. The largest absolute Gasteiger partial charge is 0.418 e. The van der Waals surface area contributed by atoms with Crippen LogP contribution in [-0.4, -0.2) is 16.4 Å². The molecule has 2 radical (unpaired) electrons. The SMILES string of the molecule is CCO[Si]CCCc1ccccc1. The van der Waals surface area contributed by atoms with Crippen molar-refractivity contribution in [3.05, 3.63) is 35.9 Å². The van der Waals surface area contributed by atoms with Crippen LogP contribution in [0.15, 0.2) is 30.3 Å². The van der Waals surface area contributed by atoms with Crippen molar-refractivity contribution >= 4 is 9.76 Å². The summed E-state index contributed by atoms with van der Waals surface area (Å²) in [4.78, 5) is 0. The fourth-order valence-corrected chi connectivity index (χ4v) is 1.85. The summed E-state index contributed by atoms with van der Waals surface area (Å²) in [6.07, 6.45) is 2.42. The number of benzene rings is 1. The third kappa shape index (κ3) is 4.86. The highest BCUT2D eigenvalue weighted by Gasteiger charge is 1.93. The van der Waals surface area contributed by atoms with Crippen molar-refractivity contribution in [3.8, 4) is 0 Å². The maximum atomic E-state index is 5.30. The van der Waals surface area contributed by atoms with Crippen LogP contribution in [0.3, 0.4) is 0 Å². The molecule has 2 heteroatoms. The van der Waals surface area contributed by atoms with E-state index in [1.165, 1.54) is 24.4 Å². The first-order chi connectivity index (χ1) is 6.43. The summed E-state index contributed by atoms with van der Waals surface area (Å²) < 4.78 is 5.30. The number of hydrogen-bond donors (Lipinski definition) is 0. The van der Waals surface area contributed by atoms with E-state index in [4.69, 9.17) is 4.43 Å². The lowest BCUT2D eigenvalue weighted by Crippen LogP contribution is -1.97. The van der Waals surface area contributed by atoms with Gasteiger partial charge in [-0.15, -0.1) is 0 Å². The molecule has 13 heavy (non-hydrogen) atoms. The fraction of sp³-hybridized carbons (Fsp3) is 0.455. The number of rotatable bonds is 6. The van der Waals surface area contributed by atoms with E-state index in [0.29, 0.717) is 9.76 Å². The van der Waals surface area contributed by atoms with Crippen LogP contribution in [-0.2, 0) is 10.8 Å². The van der Waals surface area contributed by atoms with E-state index in [9.17, 15) is 0 Å². The van der Waals surface area contributed by atoms with Gasteiger partial charge in [0.2, 0.25) is 9.76 Å². The van der Waals surface area contributed by atoms with E-state index in [-0.39, 0.29) is 0 Å². The molecule has 1 nitrogen and oxygen atoms in total. The predicted octanol–water partition coefficient (Wildman–Crippen LogP) is 2.69. The second-order valence-corrected chi connectivity index (χ2v) is 3.99. The van der Waals surface area contributed by atoms with E-state index >= 15 is 0 Å². The van der Waals surface area contributed by atoms with Gasteiger partial charge in [-0.25, -0.2) is 0 Å². The molecule has 0 unspecified atom stereocenters. The van der Waals surface area contributed by atoms with E-state index in [1.54, 1.807) is 0 Å². The lowest BCUT2D eigenvalue weighted by Gasteiger charge is -2.00. The zero-order chi connectivity index (χ0) is 9.36. The maximum absolute atomic E-state index is 5.30. The van der Waals surface area contributed by atoms with Crippen molar-refractivity contribution in [2.75, 3.05) is 6.61 Å². The van der Waals surface area contributed by atoms with Crippen LogP contribution < -0.4 is 0 Å². The summed E-state index contributed by atoms with van der Waals surface area (Å²) in [5.74, 6) is 0. The van der Waals surface area contributed by atoms with Gasteiger partial charge in [0, 0.05) is 6.61 Å². The number of hydrogen-bond acceptors (Lipinski definition) is 1. The van der Waals surface area contributed by atoms with Gasteiger partial charge in [-0.05, 0) is 31.4 Å². The minimum atomic E-state index is 0.684. The molecule has 1 rings (SSSR count). The first-order valence-electron chi connectivity index (χ1n) is 4.82. The van der Waals surface area contributed by atoms with Gasteiger partial charge in [0.25, 0.3) is 0 Å². The zero-order valence-electron chi connectivity index (χ0n) is 8.12. The van der Waals surface area contributed by atoms with Crippen molar-refractivity contribution in [3.63, 3.8) is 0 Å². The molecule has 70 valence electrons. The Labute approximate surface area is 83.1 Å². The fourth-order valence-electron chi connectivity index (χ4n) is 1.18. The summed E-state index contributed by atoms with van der Waals surface area (Å²) in [5, 5.41) is 0. The van der Waals surface area contributed by atoms with Crippen molar-refractivity contribution in [2.24, 2.45) is 0 Å². The Morgan fingerprint density at radius 3 is 2.69 bits per heavy atom. The lowest BCUT2D eigenvalue weighted by atomic mass is 10.1. The minimum absolute atomic E-state index is 0.684. The van der Waals surface area contributed by atoms with E-state index in [2.05, 4.69) is 30.3 Å². The molecule has 0 aliphatic rings. The normalized spacial score (nSPS) is 10.2. The van der Waals surface area contributed by atoms with E-state index < -0.39 is 0 Å². The molecule has 1 aromatic carbocycles. The highest BCUT2D eigenvalue weighted by Crippen LogP contribution is 2.04. The van der Waals surface area contributed by atoms with Gasteiger partial charge in [0.15, 0.2) is 0 Å². The molecule has 0 heterocycles. The van der Waals surface area contributed by atoms with E-state index in [0.717, 1.165) is 6.61 Å². The summed E-state index contributed by atoms with van der Waals surface area (Å²) >= 11 is 0. The van der Waals surface area contributed by atoms with Gasteiger partial charge < -0.3 is 4.43 Å². The van der Waals surface area contributed by atoms with Crippen LogP contribution in [0.2, 0.25) is 6.04 Å². The quantitative estimate of drug-likeness (QED) is 0.497. The summed E-state index contributed by atoms with van der Waals surface area (Å²) in [5.41, 5.74) is 1.43. The average Bonchev–Trinajstić information content (AvgIpc) is 2.19. The Morgan fingerprint density at radius 1 is 1.23 bits per heavy atom.